The molecule has 0 unspecified atom stereocenters. The lowest BCUT2D eigenvalue weighted by atomic mass is 10.1. The zero-order valence-corrected chi connectivity index (χ0v) is 12.9. The van der Waals surface area contributed by atoms with Crippen molar-refractivity contribution in [2.75, 3.05) is 26.4 Å². The van der Waals surface area contributed by atoms with Crippen molar-refractivity contribution in [1.29, 1.82) is 0 Å². The first-order valence-electron chi connectivity index (χ1n) is 7.65. The van der Waals surface area contributed by atoms with E-state index < -0.39 is 0 Å². The average molecular weight is 288 g/mol. The normalized spacial score (nSPS) is 11.0. The van der Waals surface area contributed by atoms with Gasteiger partial charge in [-0.15, -0.1) is 0 Å². The molecule has 0 saturated carbocycles. The van der Waals surface area contributed by atoms with Gasteiger partial charge in [-0.1, -0.05) is 25.1 Å². The van der Waals surface area contributed by atoms with E-state index >= 15 is 0 Å². The fraction of sp³-hybridized carbons (Fsp3) is 0.471. The van der Waals surface area contributed by atoms with Crippen LogP contribution in [0.2, 0.25) is 0 Å². The van der Waals surface area contributed by atoms with Crippen LogP contribution in [0.25, 0.3) is 10.8 Å². The highest BCUT2D eigenvalue weighted by Gasteiger charge is 2.07. The molecule has 1 aromatic heterocycles. The predicted molar refractivity (Wildman–Crippen MR) is 85.7 cm³/mol. The Labute approximate surface area is 126 Å². The Morgan fingerprint density at radius 1 is 1.14 bits per heavy atom. The van der Waals surface area contributed by atoms with Crippen LogP contribution in [0, 0.1) is 0 Å². The van der Waals surface area contributed by atoms with Gasteiger partial charge in [0.1, 0.15) is 6.61 Å². The van der Waals surface area contributed by atoms with Gasteiger partial charge in [-0.25, -0.2) is 4.98 Å². The summed E-state index contributed by atoms with van der Waals surface area (Å²) in [6, 6.07) is 10.3. The van der Waals surface area contributed by atoms with Crippen LogP contribution in [0.5, 0.6) is 5.88 Å². The van der Waals surface area contributed by atoms with Gasteiger partial charge in [-0.05, 0) is 37.4 Å². The van der Waals surface area contributed by atoms with Gasteiger partial charge >= 0.3 is 0 Å². The Kier molecular flexibility index (Phi) is 6.44. The smallest absolute Gasteiger partial charge is 0.221 e. The third-order valence-corrected chi connectivity index (χ3v) is 3.16. The van der Waals surface area contributed by atoms with Gasteiger partial charge in [-0.3, -0.25) is 0 Å². The van der Waals surface area contributed by atoms with Crippen molar-refractivity contribution in [2.45, 2.75) is 26.8 Å². The molecular formula is C17H24N2O2. The number of pyridine rings is 1. The summed E-state index contributed by atoms with van der Waals surface area (Å²) in [6.45, 7) is 7.71. The van der Waals surface area contributed by atoms with Crippen LogP contribution in [-0.2, 0) is 11.3 Å². The molecule has 0 atom stereocenters. The van der Waals surface area contributed by atoms with E-state index in [1.54, 1.807) is 0 Å². The molecule has 2 rings (SSSR count). The minimum Gasteiger partial charge on any atom is -0.475 e. The number of nitrogens with zero attached hydrogens (tertiary/aromatic N) is 1. The Hall–Kier alpha value is -1.65. The van der Waals surface area contributed by atoms with Gasteiger partial charge in [-0.2, -0.15) is 0 Å². The second-order valence-electron chi connectivity index (χ2n) is 4.86. The molecule has 0 amide bonds. The molecule has 0 saturated heterocycles. The predicted octanol–water partition coefficient (Wildman–Crippen LogP) is 3.15. The minimum absolute atomic E-state index is 0.524. The minimum atomic E-state index is 0.524. The van der Waals surface area contributed by atoms with Crippen molar-refractivity contribution < 1.29 is 9.47 Å². The van der Waals surface area contributed by atoms with Gasteiger partial charge in [0, 0.05) is 18.5 Å². The van der Waals surface area contributed by atoms with Crippen molar-refractivity contribution in [2.24, 2.45) is 0 Å². The first kappa shape index (κ1) is 15.7. The molecule has 4 heteroatoms. The van der Waals surface area contributed by atoms with Gasteiger partial charge in [0.2, 0.25) is 5.88 Å². The number of hydrogen-bond acceptors (Lipinski definition) is 4. The number of rotatable bonds is 9. The van der Waals surface area contributed by atoms with E-state index in [-0.39, 0.29) is 0 Å². The molecule has 1 aromatic carbocycles. The van der Waals surface area contributed by atoms with Gasteiger partial charge < -0.3 is 14.8 Å². The van der Waals surface area contributed by atoms with E-state index in [1.807, 2.05) is 25.1 Å². The fourth-order valence-corrected chi connectivity index (χ4v) is 2.16. The highest BCUT2D eigenvalue weighted by Crippen LogP contribution is 2.24. The Morgan fingerprint density at radius 3 is 2.81 bits per heavy atom. The first-order valence-corrected chi connectivity index (χ1v) is 7.65. The van der Waals surface area contributed by atoms with Crippen molar-refractivity contribution in [1.82, 2.24) is 10.3 Å². The number of fused-ring (bicyclic) bond motifs is 1. The van der Waals surface area contributed by atoms with Crippen molar-refractivity contribution in [3.05, 3.63) is 36.0 Å². The summed E-state index contributed by atoms with van der Waals surface area (Å²) in [6.07, 6.45) is 1.12. The largest absolute Gasteiger partial charge is 0.475 e. The molecular weight excluding hydrogens is 264 g/mol. The molecule has 1 N–H and O–H groups in total. The van der Waals surface area contributed by atoms with Crippen LogP contribution in [0.15, 0.2) is 30.3 Å². The van der Waals surface area contributed by atoms with Gasteiger partial charge in [0.05, 0.1) is 12.3 Å². The third-order valence-electron chi connectivity index (χ3n) is 3.16. The molecule has 0 radical (unpaired) electrons. The van der Waals surface area contributed by atoms with Gasteiger partial charge in [0.15, 0.2) is 0 Å². The van der Waals surface area contributed by atoms with Crippen LogP contribution in [0.3, 0.4) is 0 Å². The highest BCUT2D eigenvalue weighted by atomic mass is 16.5. The summed E-state index contributed by atoms with van der Waals surface area (Å²) < 4.78 is 11.1. The van der Waals surface area contributed by atoms with Crippen molar-refractivity contribution in [3.63, 3.8) is 0 Å². The molecule has 21 heavy (non-hydrogen) atoms. The zero-order valence-electron chi connectivity index (χ0n) is 12.9. The SMILES string of the molecule is CCCNCc1cc2ccccc2c(OCCOCC)n1. The van der Waals surface area contributed by atoms with E-state index in [0.717, 1.165) is 36.0 Å². The zero-order chi connectivity index (χ0) is 14.9. The van der Waals surface area contributed by atoms with E-state index in [9.17, 15) is 0 Å². The first-order chi connectivity index (χ1) is 10.3. The summed E-state index contributed by atoms with van der Waals surface area (Å²) in [5.41, 5.74) is 1.01. The fourth-order valence-electron chi connectivity index (χ4n) is 2.16. The van der Waals surface area contributed by atoms with Crippen LogP contribution in [0.1, 0.15) is 26.0 Å². The highest BCUT2D eigenvalue weighted by molar-refractivity contribution is 5.87. The van der Waals surface area contributed by atoms with Crippen LogP contribution < -0.4 is 10.1 Å². The van der Waals surface area contributed by atoms with Crippen molar-refractivity contribution in [3.8, 4) is 5.88 Å². The third kappa shape index (κ3) is 4.69. The number of nitrogens with one attached hydrogen (secondary N) is 1. The van der Waals surface area contributed by atoms with Gasteiger partial charge in [0.25, 0.3) is 0 Å². The monoisotopic (exact) mass is 288 g/mol. The molecule has 2 aromatic rings. The molecule has 0 spiro atoms. The second-order valence-corrected chi connectivity index (χ2v) is 4.86. The molecule has 0 fully saturated rings. The Balaban J connectivity index is 2.14. The summed E-state index contributed by atoms with van der Waals surface area (Å²) >= 11 is 0. The summed E-state index contributed by atoms with van der Waals surface area (Å²) in [5.74, 6) is 0.695. The van der Waals surface area contributed by atoms with Crippen LogP contribution in [0.4, 0.5) is 0 Å². The van der Waals surface area contributed by atoms with E-state index in [2.05, 4.69) is 29.4 Å². The molecule has 0 aliphatic rings. The van der Waals surface area contributed by atoms with Crippen LogP contribution in [-0.4, -0.2) is 31.3 Å². The average Bonchev–Trinajstić information content (AvgIpc) is 2.52. The lowest BCUT2D eigenvalue weighted by Gasteiger charge is -2.11. The maximum absolute atomic E-state index is 5.80. The topological polar surface area (TPSA) is 43.4 Å². The number of benzene rings is 1. The molecule has 1 heterocycles. The molecule has 4 nitrogen and oxygen atoms in total. The molecule has 0 bridgehead atoms. The summed E-state index contributed by atoms with van der Waals surface area (Å²) in [4.78, 5) is 4.63. The molecule has 0 aliphatic heterocycles. The number of hydrogen-bond donors (Lipinski definition) is 1. The maximum Gasteiger partial charge on any atom is 0.221 e. The standard InChI is InChI=1S/C17H24N2O2/c1-3-9-18-13-15-12-14-7-5-6-8-16(14)17(19-15)21-11-10-20-4-2/h5-8,12,18H,3-4,9-11,13H2,1-2H3. The molecule has 0 aliphatic carbocycles. The molecule has 114 valence electrons. The summed E-state index contributed by atoms with van der Waals surface area (Å²) in [5, 5.41) is 5.59. The van der Waals surface area contributed by atoms with Crippen LogP contribution >= 0.6 is 0 Å². The van der Waals surface area contributed by atoms with Crippen molar-refractivity contribution >= 4 is 10.8 Å². The van der Waals surface area contributed by atoms with E-state index in [4.69, 9.17) is 9.47 Å². The lowest BCUT2D eigenvalue weighted by Crippen LogP contribution is -2.15. The maximum atomic E-state index is 5.80. The second kappa shape index (κ2) is 8.60. The van der Waals surface area contributed by atoms with E-state index in [0.29, 0.717) is 25.7 Å². The Bertz CT molecular complexity index is 557. The van der Waals surface area contributed by atoms with E-state index in [1.165, 1.54) is 0 Å². The number of aromatic nitrogens is 1. The summed E-state index contributed by atoms with van der Waals surface area (Å²) in [7, 11) is 0. The Morgan fingerprint density at radius 2 is 2.00 bits per heavy atom. The number of ether oxygens (including phenoxy) is 2. The quantitative estimate of drug-likeness (QED) is 0.720. The lowest BCUT2D eigenvalue weighted by molar-refractivity contribution is 0.109.